The molecule has 8 nitrogen and oxygen atoms in total. The van der Waals surface area contributed by atoms with E-state index in [1.165, 1.54) is 0 Å². The molecule has 3 heterocycles. The number of urea groups is 1. The minimum atomic E-state index is -0.628. The van der Waals surface area contributed by atoms with Crippen molar-refractivity contribution in [3.8, 4) is 0 Å². The van der Waals surface area contributed by atoms with Crippen LogP contribution in [0.2, 0.25) is 0 Å². The fourth-order valence-corrected chi connectivity index (χ4v) is 3.24. The first-order valence-electron chi connectivity index (χ1n) is 8.62. The van der Waals surface area contributed by atoms with Crippen LogP contribution in [0.5, 0.6) is 0 Å². The Morgan fingerprint density at radius 2 is 2.12 bits per heavy atom. The monoisotopic (exact) mass is 345 g/mol. The lowest BCUT2D eigenvalue weighted by molar-refractivity contribution is -0.133. The van der Waals surface area contributed by atoms with Crippen molar-refractivity contribution in [3.63, 3.8) is 0 Å². The Morgan fingerprint density at radius 3 is 2.92 bits per heavy atom. The summed E-state index contributed by atoms with van der Waals surface area (Å²) in [5, 5.41) is 4.80. The standard InChI is InChI=1S/C17H23N5O3/c23-15-5-4-14(19-17(25)20-15)16(24)22-8-2-7-21(9-10-22)12-13-3-1-6-18-11-13/h1,3,6,11,14H,2,4-5,7-10,12H2,(H2,19,20,23,25)/t14-/m1/s1. The molecule has 1 atom stereocenters. The molecule has 2 aliphatic rings. The molecule has 0 spiro atoms. The first-order valence-corrected chi connectivity index (χ1v) is 8.62. The van der Waals surface area contributed by atoms with E-state index < -0.39 is 12.1 Å². The third-order valence-electron chi connectivity index (χ3n) is 4.55. The van der Waals surface area contributed by atoms with Crippen LogP contribution in [0.25, 0.3) is 0 Å². The maximum atomic E-state index is 12.7. The summed E-state index contributed by atoms with van der Waals surface area (Å²) >= 11 is 0. The van der Waals surface area contributed by atoms with Gasteiger partial charge in [-0.1, -0.05) is 6.07 Å². The fourth-order valence-electron chi connectivity index (χ4n) is 3.24. The van der Waals surface area contributed by atoms with Gasteiger partial charge in [0.15, 0.2) is 0 Å². The van der Waals surface area contributed by atoms with Crippen molar-refractivity contribution < 1.29 is 14.4 Å². The van der Waals surface area contributed by atoms with Crippen molar-refractivity contribution in [2.75, 3.05) is 26.2 Å². The number of nitrogens with zero attached hydrogens (tertiary/aromatic N) is 3. The van der Waals surface area contributed by atoms with Gasteiger partial charge in [0.05, 0.1) is 0 Å². The number of pyridine rings is 1. The van der Waals surface area contributed by atoms with Crippen molar-refractivity contribution in [3.05, 3.63) is 30.1 Å². The molecule has 134 valence electrons. The average Bonchev–Trinajstić information content (AvgIpc) is 2.93. The summed E-state index contributed by atoms with van der Waals surface area (Å²) in [6.07, 6.45) is 5.01. The molecule has 0 saturated carbocycles. The maximum absolute atomic E-state index is 12.7. The zero-order valence-electron chi connectivity index (χ0n) is 14.1. The molecular weight excluding hydrogens is 322 g/mol. The van der Waals surface area contributed by atoms with Crippen LogP contribution in [-0.4, -0.2) is 64.9 Å². The Balaban J connectivity index is 1.56. The third-order valence-corrected chi connectivity index (χ3v) is 4.55. The van der Waals surface area contributed by atoms with Crippen LogP contribution in [0.15, 0.2) is 24.5 Å². The lowest BCUT2D eigenvalue weighted by Gasteiger charge is -2.26. The maximum Gasteiger partial charge on any atom is 0.322 e. The molecule has 2 saturated heterocycles. The van der Waals surface area contributed by atoms with Crippen LogP contribution in [-0.2, 0) is 16.1 Å². The molecule has 1 aromatic heterocycles. The molecule has 2 aliphatic heterocycles. The molecule has 2 N–H and O–H groups in total. The Hall–Kier alpha value is -2.48. The van der Waals surface area contributed by atoms with E-state index in [1.54, 1.807) is 11.1 Å². The lowest BCUT2D eigenvalue weighted by Crippen LogP contribution is -2.50. The van der Waals surface area contributed by atoms with E-state index in [0.29, 0.717) is 19.5 Å². The first kappa shape index (κ1) is 17.3. The molecule has 0 bridgehead atoms. The number of carbonyl (C=O) groups excluding carboxylic acids is 3. The summed E-state index contributed by atoms with van der Waals surface area (Å²) in [7, 11) is 0. The SMILES string of the molecule is O=C1CC[C@H](C(=O)N2CCCN(Cc3cccnc3)CC2)NC(=O)N1. The number of hydrogen-bond acceptors (Lipinski definition) is 5. The summed E-state index contributed by atoms with van der Waals surface area (Å²) in [6, 6.07) is 2.75. The van der Waals surface area contributed by atoms with Gasteiger partial charge in [0.2, 0.25) is 11.8 Å². The second-order valence-electron chi connectivity index (χ2n) is 6.43. The number of rotatable bonds is 3. The molecule has 0 aromatic carbocycles. The summed E-state index contributed by atoms with van der Waals surface area (Å²) in [6.45, 7) is 3.78. The van der Waals surface area contributed by atoms with Crippen molar-refractivity contribution in [1.29, 1.82) is 0 Å². The first-order chi connectivity index (χ1) is 12.1. The molecule has 8 heteroatoms. The van der Waals surface area contributed by atoms with Gasteiger partial charge in [0.1, 0.15) is 6.04 Å². The lowest BCUT2D eigenvalue weighted by atomic mass is 10.1. The van der Waals surface area contributed by atoms with Gasteiger partial charge in [-0.15, -0.1) is 0 Å². The molecular formula is C17H23N5O3. The smallest absolute Gasteiger partial charge is 0.322 e. The molecule has 25 heavy (non-hydrogen) atoms. The Bertz CT molecular complexity index is 636. The van der Waals surface area contributed by atoms with E-state index in [4.69, 9.17) is 0 Å². The number of carbonyl (C=O) groups is 3. The number of aromatic nitrogens is 1. The largest absolute Gasteiger partial charge is 0.340 e. The molecule has 0 radical (unpaired) electrons. The van der Waals surface area contributed by atoms with Crippen molar-refractivity contribution >= 4 is 17.8 Å². The van der Waals surface area contributed by atoms with E-state index in [0.717, 1.165) is 31.6 Å². The van der Waals surface area contributed by atoms with Crippen molar-refractivity contribution in [2.24, 2.45) is 0 Å². The van der Waals surface area contributed by atoms with Gasteiger partial charge in [-0.2, -0.15) is 0 Å². The minimum absolute atomic E-state index is 0.104. The van der Waals surface area contributed by atoms with Crippen molar-refractivity contribution in [2.45, 2.75) is 31.8 Å². The third kappa shape index (κ3) is 4.76. The van der Waals surface area contributed by atoms with Crippen LogP contribution in [0.1, 0.15) is 24.8 Å². The molecule has 3 rings (SSSR count). The number of imide groups is 1. The van der Waals surface area contributed by atoms with E-state index in [1.807, 2.05) is 18.3 Å². The van der Waals surface area contributed by atoms with Gasteiger partial charge in [-0.3, -0.25) is 24.8 Å². The summed E-state index contributed by atoms with van der Waals surface area (Å²) < 4.78 is 0. The summed E-state index contributed by atoms with van der Waals surface area (Å²) in [5.74, 6) is -0.445. The topological polar surface area (TPSA) is 94.6 Å². The van der Waals surface area contributed by atoms with Crippen molar-refractivity contribution in [1.82, 2.24) is 25.4 Å². The summed E-state index contributed by atoms with van der Waals surface area (Å²) in [5.41, 5.74) is 1.16. The zero-order valence-corrected chi connectivity index (χ0v) is 14.1. The Morgan fingerprint density at radius 1 is 1.24 bits per heavy atom. The van der Waals surface area contributed by atoms with E-state index in [2.05, 4.69) is 20.5 Å². The van der Waals surface area contributed by atoms with Gasteiger partial charge >= 0.3 is 6.03 Å². The highest BCUT2D eigenvalue weighted by Gasteiger charge is 2.30. The van der Waals surface area contributed by atoms with Gasteiger partial charge < -0.3 is 10.2 Å². The van der Waals surface area contributed by atoms with Crippen LogP contribution < -0.4 is 10.6 Å². The fraction of sp³-hybridized carbons (Fsp3) is 0.529. The van der Waals surface area contributed by atoms with E-state index in [9.17, 15) is 14.4 Å². The van der Waals surface area contributed by atoms with Crippen LogP contribution in [0, 0.1) is 0 Å². The van der Waals surface area contributed by atoms with Gasteiger partial charge in [0, 0.05) is 51.5 Å². The highest BCUT2D eigenvalue weighted by molar-refractivity contribution is 5.98. The molecule has 4 amide bonds. The number of nitrogens with one attached hydrogen (secondary N) is 2. The predicted octanol–water partition coefficient (Wildman–Crippen LogP) is 0.104. The molecule has 0 aliphatic carbocycles. The van der Waals surface area contributed by atoms with E-state index >= 15 is 0 Å². The normalized spacial score (nSPS) is 22.6. The number of amides is 4. The van der Waals surface area contributed by atoms with Gasteiger partial charge in [-0.25, -0.2) is 4.79 Å². The quantitative estimate of drug-likeness (QED) is 0.810. The van der Waals surface area contributed by atoms with Crippen LogP contribution >= 0.6 is 0 Å². The highest BCUT2D eigenvalue weighted by Crippen LogP contribution is 2.11. The number of hydrogen-bond donors (Lipinski definition) is 2. The molecule has 0 unspecified atom stereocenters. The Kier molecular flexibility index (Phi) is 5.60. The van der Waals surface area contributed by atoms with Crippen LogP contribution in [0.4, 0.5) is 4.79 Å². The predicted molar refractivity (Wildman–Crippen MR) is 90.4 cm³/mol. The van der Waals surface area contributed by atoms with Gasteiger partial charge in [-0.05, 0) is 24.5 Å². The van der Waals surface area contributed by atoms with E-state index in [-0.39, 0.29) is 18.2 Å². The highest BCUT2D eigenvalue weighted by atomic mass is 16.2. The summed E-state index contributed by atoms with van der Waals surface area (Å²) in [4.78, 5) is 43.9. The van der Waals surface area contributed by atoms with Crippen LogP contribution in [0.3, 0.4) is 0 Å². The second kappa shape index (κ2) is 8.06. The molecule has 1 aromatic rings. The van der Waals surface area contributed by atoms with Gasteiger partial charge in [0.25, 0.3) is 0 Å². The second-order valence-corrected chi connectivity index (χ2v) is 6.43. The average molecular weight is 345 g/mol. The minimum Gasteiger partial charge on any atom is -0.340 e. The molecule has 2 fully saturated rings. The zero-order chi connectivity index (χ0) is 17.6. The Labute approximate surface area is 146 Å².